The first-order chi connectivity index (χ1) is 7.00. The number of nitrogens with two attached hydrogens (primary N) is 1. The van der Waals surface area contributed by atoms with Gasteiger partial charge in [-0.15, -0.1) is 0 Å². The van der Waals surface area contributed by atoms with Crippen molar-refractivity contribution < 1.29 is 14.7 Å². The number of carboxylic acid groups (broad SMARTS) is 1. The van der Waals surface area contributed by atoms with Crippen LogP contribution in [0.15, 0.2) is 0 Å². The third kappa shape index (κ3) is 3.51. The molecule has 3 N–H and O–H groups in total. The monoisotopic (exact) mass is 214 g/mol. The molecule has 0 aromatic heterocycles. The zero-order valence-electron chi connectivity index (χ0n) is 8.98. The van der Waals surface area contributed by atoms with Crippen molar-refractivity contribution in [2.75, 3.05) is 13.6 Å². The van der Waals surface area contributed by atoms with E-state index in [9.17, 15) is 9.59 Å². The summed E-state index contributed by atoms with van der Waals surface area (Å²) in [7, 11) is 1.70. The first kappa shape index (κ1) is 12.0. The molecule has 0 heterocycles. The van der Waals surface area contributed by atoms with Gasteiger partial charge in [0.05, 0.1) is 6.42 Å². The lowest BCUT2D eigenvalue weighted by Gasteiger charge is -2.30. The summed E-state index contributed by atoms with van der Waals surface area (Å²) in [5.41, 5.74) is 5.29. The summed E-state index contributed by atoms with van der Waals surface area (Å²) in [5, 5.41) is 8.56. The van der Waals surface area contributed by atoms with E-state index in [0.717, 1.165) is 6.54 Å². The molecular formula is C10H18N2O3. The van der Waals surface area contributed by atoms with Gasteiger partial charge in [-0.2, -0.15) is 0 Å². The summed E-state index contributed by atoms with van der Waals surface area (Å²) in [4.78, 5) is 23.6. The van der Waals surface area contributed by atoms with Gasteiger partial charge in [-0.1, -0.05) is 6.42 Å². The highest BCUT2D eigenvalue weighted by molar-refractivity contribution is 5.84. The summed E-state index contributed by atoms with van der Waals surface area (Å²) in [5.74, 6) is -0.711. The van der Waals surface area contributed by atoms with E-state index >= 15 is 0 Å². The van der Waals surface area contributed by atoms with Gasteiger partial charge in [0.2, 0.25) is 5.91 Å². The summed E-state index contributed by atoms with van der Waals surface area (Å²) >= 11 is 0. The van der Waals surface area contributed by atoms with Crippen LogP contribution in [-0.4, -0.2) is 41.5 Å². The van der Waals surface area contributed by atoms with E-state index in [1.807, 2.05) is 0 Å². The molecule has 1 fully saturated rings. The predicted octanol–water partition coefficient (Wildman–Crippen LogP) is 0.0469. The Kier molecular flexibility index (Phi) is 4.08. The number of carbonyl (C=O) groups excluding carboxylic acids is 1. The number of aliphatic carboxylic acids is 1. The van der Waals surface area contributed by atoms with E-state index in [-0.39, 0.29) is 12.3 Å². The molecule has 1 unspecified atom stereocenters. The number of nitrogens with zero attached hydrogens (tertiary/aromatic N) is 1. The molecule has 1 saturated carbocycles. The maximum atomic E-state index is 11.5. The van der Waals surface area contributed by atoms with Gasteiger partial charge < -0.3 is 15.7 Å². The van der Waals surface area contributed by atoms with Crippen LogP contribution in [0.4, 0.5) is 0 Å². The first-order valence-corrected chi connectivity index (χ1v) is 5.23. The number of rotatable bonds is 5. The molecule has 5 heteroatoms. The fourth-order valence-corrected chi connectivity index (χ4v) is 1.60. The molecular weight excluding hydrogens is 196 g/mol. The van der Waals surface area contributed by atoms with Gasteiger partial charge in [0.1, 0.15) is 6.04 Å². The van der Waals surface area contributed by atoms with Gasteiger partial charge in [-0.25, -0.2) is 0 Å². The number of carbonyl (C=O) groups is 2. The van der Waals surface area contributed by atoms with Crippen LogP contribution in [0, 0.1) is 5.92 Å². The molecule has 1 atom stereocenters. The van der Waals surface area contributed by atoms with Crippen LogP contribution < -0.4 is 5.73 Å². The molecule has 0 saturated heterocycles. The van der Waals surface area contributed by atoms with Crippen LogP contribution in [0.5, 0.6) is 0 Å². The maximum absolute atomic E-state index is 11.5. The molecule has 0 bridgehead atoms. The molecule has 1 rings (SSSR count). The van der Waals surface area contributed by atoms with E-state index in [2.05, 4.69) is 0 Å². The molecule has 0 aliphatic heterocycles. The lowest BCUT2D eigenvalue weighted by Crippen LogP contribution is -2.40. The van der Waals surface area contributed by atoms with Crippen LogP contribution in [0.2, 0.25) is 0 Å². The normalized spacial score (nSPS) is 18.0. The van der Waals surface area contributed by atoms with Crippen molar-refractivity contribution >= 4 is 11.9 Å². The first-order valence-electron chi connectivity index (χ1n) is 5.23. The number of carboxylic acids is 1. The second-order valence-electron chi connectivity index (χ2n) is 4.22. The second kappa shape index (κ2) is 5.11. The van der Waals surface area contributed by atoms with E-state index in [4.69, 9.17) is 10.8 Å². The van der Waals surface area contributed by atoms with E-state index in [0.29, 0.717) is 5.92 Å². The molecule has 0 aromatic carbocycles. The van der Waals surface area contributed by atoms with Gasteiger partial charge >= 0.3 is 5.97 Å². The van der Waals surface area contributed by atoms with Crippen molar-refractivity contribution in [2.45, 2.75) is 31.7 Å². The minimum atomic E-state index is -1.12. The van der Waals surface area contributed by atoms with Crippen molar-refractivity contribution in [3.8, 4) is 0 Å². The van der Waals surface area contributed by atoms with Crippen molar-refractivity contribution in [1.82, 2.24) is 4.90 Å². The highest BCUT2D eigenvalue weighted by Crippen LogP contribution is 2.26. The quantitative estimate of drug-likeness (QED) is 0.677. The van der Waals surface area contributed by atoms with Crippen LogP contribution >= 0.6 is 0 Å². The van der Waals surface area contributed by atoms with Crippen LogP contribution in [0.3, 0.4) is 0 Å². The third-order valence-electron chi connectivity index (χ3n) is 2.89. The molecule has 1 aliphatic carbocycles. The minimum Gasteiger partial charge on any atom is -0.480 e. The summed E-state index contributed by atoms with van der Waals surface area (Å²) in [6.07, 6.45) is 3.46. The van der Waals surface area contributed by atoms with Gasteiger partial charge in [-0.3, -0.25) is 9.59 Å². The van der Waals surface area contributed by atoms with E-state index in [1.54, 1.807) is 11.9 Å². The predicted molar refractivity (Wildman–Crippen MR) is 55.2 cm³/mol. The molecule has 86 valence electrons. The number of amides is 1. The van der Waals surface area contributed by atoms with Gasteiger partial charge in [0, 0.05) is 13.6 Å². The molecule has 5 nitrogen and oxygen atoms in total. The van der Waals surface area contributed by atoms with Crippen LogP contribution in [-0.2, 0) is 9.59 Å². The zero-order valence-corrected chi connectivity index (χ0v) is 8.98. The SMILES string of the molecule is CN(CC1CCC1)C(=O)CC(N)C(=O)O. The summed E-state index contributed by atoms with van der Waals surface area (Å²) in [6, 6.07) is -1.08. The summed E-state index contributed by atoms with van der Waals surface area (Å²) < 4.78 is 0. The summed E-state index contributed by atoms with van der Waals surface area (Å²) in [6.45, 7) is 0.727. The lowest BCUT2D eigenvalue weighted by atomic mass is 9.85. The zero-order chi connectivity index (χ0) is 11.4. The molecule has 0 aromatic rings. The molecule has 1 amide bonds. The molecule has 1 aliphatic rings. The topological polar surface area (TPSA) is 83.6 Å². The van der Waals surface area contributed by atoms with Crippen molar-refractivity contribution in [1.29, 1.82) is 0 Å². The molecule has 15 heavy (non-hydrogen) atoms. The van der Waals surface area contributed by atoms with E-state index < -0.39 is 12.0 Å². The van der Waals surface area contributed by atoms with Crippen molar-refractivity contribution in [3.63, 3.8) is 0 Å². The average Bonchev–Trinajstić information content (AvgIpc) is 2.10. The third-order valence-corrected chi connectivity index (χ3v) is 2.89. The fraction of sp³-hybridized carbons (Fsp3) is 0.800. The van der Waals surface area contributed by atoms with Gasteiger partial charge in [0.15, 0.2) is 0 Å². The van der Waals surface area contributed by atoms with Crippen LogP contribution in [0.1, 0.15) is 25.7 Å². The number of hydrogen-bond acceptors (Lipinski definition) is 3. The Hall–Kier alpha value is -1.10. The lowest BCUT2D eigenvalue weighted by molar-refractivity contribution is -0.142. The number of hydrogen-bond donors (Lipinski definition) is 2. The Morgan fingerprint density at radius 3 is 2.53 bits per heavy atom. The highest BCUT2D eigenvalue weighted by atomic mass is 16.4. The standard InChI is InChI=1S/C10H18N2O3/c1-12(6-7-3-2-4-7)9(13)5-8(11)10(14)15/h7-8H,2-6,11H2,1H3,(H,14,15). The Morgan fingerprint density at radius 2 is 2.13 bits per heavy atom. The Bertz CT molecular complexity index is 251. The van der Waals surface area contributed by atoms with Gasteiger partial charge in [0.25, 0.3) is 0 Å². The largest absolute Gasteiger partial charge is 0.480 e. The molecule has 0 spiro atoms. The second-order valence-corrected chi connectivity index (χ2v) is 4.22. The van der Waals surface area contributed by atoms with Crippen molar-refractivity contribution in [2.24, 2.45) is 11.7 Å². The van der Waals surface area contributed by atoms with E-state index in [1.165, 1.54) is 19.3 Å². The smallest absolute Gasteiger partial charge is 0.321 e. The van der Waals surface area contributed by atoms with Crippen LogP contribution in [0.25, 0.3) is 0 Å². The van der Waals surface area contributed by atoms with Crippen molar-refractivity contribution in [3.05, 3.63) is 0 Å². The Labute approximate surface area is 89.2 Å². The maximum Gasteiger partial charge on any atom is 0.321 e. The van der Waals surface area contributed by atoms with Gasteiger partial charge in [-0.05, 0) is 18.8 Å². The molecule has 0 radical (unpaired) electrons. The fourth-order valence-electron chi connectivity index (χ4n) is 1.60. The average molecular weight is 214 g/mol. The Balaban J connectivity index is 2.28. The Morgan fingerprint density at radius 1 is 1.53 bits per heavy atom. The minimum absolute atomic E-state index is 0.113. The highest BCUT2D eigenvalue weighted by Gasteiger charge is 2.23.